The van der Waals surface area contributed by atoms with Gasteiger partial charge in [0.05, 0.1) is 0 Å². The van der Waals surface area contributed by atoms with Crippen molar-refractivity contribution < 1.29 is 9.59 Å². The fourth-order valence-corrected chi connectivity index (χ4v) is 2.99. The SMILES string of the molecule is O=C(NC(Cc1cc(=O)[nH]c2ccccc12)C(=O)S)c1ccc(Cl)cc1. The first-order valence-electron chi connectivity index (χ1n) is 7.84. The number of thiol groups is 1. The van der Waals surface area contributed by atoms with Crippen LogP contribution in [0, 0.1) is 0 Å². The van der Waals surface area contributed by atoms with Crippen LogP contribution < -0.4 is 10.9 Å². The molecule has 7 heteroatoms. The van der Waals surface area contributed by atoms with Crippen LogP contribution in [0.3, 0.4) is 0 Å². The lowest BCUT2D eigenvalue weighted by molar-refractivity contribution is -0.112. The maximum atomic E-state index is 12.4. The topological polar surface area (TPSA) is 79.0 Å². The minimum atomic E-state index is -0.869. The van der Waals surface area contributed by atoms with Crippen LogP contribution in [0.1, 0.15) is 15.9 Å². The van der Waals surface area contributed by atoms with Crippen LogP contribution in [0.15, 0.2) is 59.4 Å². The van der Waals surface area contributed by atoms with Gasteiger partial charge in [-0.2, -0.15) is 0 Å². The molecule has 0 aliphatic rings. The molecule has 3 rings (SSSR count). The van der Waals surface area contributed by atoms with Gasteiger partial charge in [-0.25, -0.2) is 0 Å². The van der Waals surface area contributed by atoms with Gasteiger partial charge >= 0.3 is 0 Å². The molecule has 5 nitrogen and oxygen atoms in total. The fraction of sp³-hybridized carbons (Fsp3) is 0.105. The number of rotatable bonds is 5. The highest BCUT2D eigenvalue weighted by atomic mass is 35.5. The van der Waals surface area contributed by atoms with Gasteiger partial charge in [0.2, 0.25) is 10.7 Å². The first-order chi connectivity index (χ1) is 12.4. The monoisotopic (exact) mass is 386 g/mol. The zero-order valence-corrected chi connectivity index (χ0v) is 15.2. The second-order valence-corrected chi connectivity index (χ2v) is 6.66. The summed E-state index contributed by atoms with van der Waals surface area (Å²) in [5.74, 6) is -0.414. The summed E-state index contributed by atoms with van der Waals surface area (Å²) in [6, 6.07) is 14.2. The van der Waals surface area contributed by atoms with Crippen LogP contribution >= 0.6 is 24.2 Å². The summed E-state index contributed by atoms with van der Waals surface area (Å²) in [6.45, 7) is 0. The molecule has 1 aromatic heterocycles. The Labute approximate surface area is 159 Å². The molecular weight excluding hydrogens is 372 g/mol. The zero-order valence-electron chi connectivity index (χ0n) is 13.5. The van der Waals surface area contributed by atoms with E-state index in [0.717, 1.165) is 5.39 Å². The summed E-state index contributed by atoms with van der Waals surface area (Å²) in [5.41, 5.74) is 1.44. The smallest absolute Gasteiger partial charge is 0.251 e. The minimum Gasteiger partial charge on any atom is -0.341 e. The van der Waals surface area contributed by atoms with Crippen molar-refractivity contribution in [2.45, 2.75) is 12.5 Å². The normalized spacial score (nSPS) is 11.9. The number of pyridine rings is 1. The fourth-order valence-electron chi connectivity index (χ4n) is 2.71. The van der Waals surface area contributed by atoms with Gasteiger partial charge in [-0.15, -0.1) is 12.6 Å². The predicted molar refractivity (Wildman–Crippen MR) is 105 cm³/mol. The Morgan fingerprint density at radius 3 is 2.50 bits per heavy atom. The number of carbonyl (C=O) groups is 2. The molecule has 0 fully saturated rings. The van der Waals surface area contributed by atoms with E-state index in [-0.39, 0.29) is 12.0 Å². The zero-order chi connectivity index (χ0) is 18.7. The van der Waals surface area contributed by atoms with Crippen molar-refractivity contribution in [1.29, 1.82) is 0 Å². The molecule has 132 valence electrons. The molecule has 0 aliphatic heterocycles. The van der Waals surface area contributed by atoms with Gasteiger partial charge < -0.3 is 10.3 Å². The van der Waals surface area contributed by atoms with Crippen LogP contribution in [0.25, 0.3) is 10.9 Å². The lowest BCUT2D eigenvalue weighted by Gasteiger charge is -2.16. The number of aromatic nitrogens is 1. The van der Waals surface area contributed by atoms with Gasteiger partial charge in [0.25, 0.3) is 5.91 Å². The van der Waals surface area contributed by atoms with Gasteiger partial charge in [0.1, 0.15) is 6.04 Å². The molecule has 1 heterocycles. The van der Waals surface area contributed by atoms with E-state index in [2.05, 4.69) is 22.9 Å². The van der Waals surface area contributed by atoms with Crippen LogP contribution in [-0.2, 0) is 11.2 Å². The van der Waals surface area contributed by atoms with Crippen LogP contribution in [0.2, 0.25) is 5.02 Å². The molecule has 0 radical (unpaired) electrons. The van der Waals surface area contributed by atoms with Crippen molar-refractivity contribution in [2.75, 3.05) is 0 Å². The van der Waals surface area contributed by atoms with E-state index in [0.29, 0.717) is 21.7 Å². The number of H-pyrrole nitrogens is 1. The first kappa shape index (κ1) is 18.2. The van der Waals surface area contributed by atoms with Crippen molar-refractivity contribution in [3.63, 3.8) is 0 Å². The van der Waals surface area contributed by atoms with Gasteiger partial charge in [0, 0.05) is 34.0 Å². The molecular formula is C19H15ClN2O3S. The van der Waals surface area contributed by atoms with E-state index in [4.69, 9.17) is 11.6 Å². The number of halogens is 1. The highest BCUT2D eigenvalue weighted by Crippen LogP contribution is 2.17. The number of carbonyl (C=O) groups excluding carboxylic acids is 2. The Hall–Kier alpha value is -2.57. The Bertz CT molecular complexity index is 1030. The molecule has 3 aromatic rings. The number of benzene rings is 2. The largest absolute Gasteiger partial charge is 0.341 e. The number of nitrogens with one attached hydrogen (secondary N) is 2. The molecule has 1 amide bonds. The van der Waals surface area contributed by atoms with Crippen molar-refractivity contribution in [1.82, 2.24) is 10.3 Å². The number of amides is 1. The predicted octanol–water partition coefficient (Wildman–Crippen LogP) is 2.98. The van der Waals surface area contributed by atoms with E-state index in [1.165, 1.54) is 6.07 Å². The summed E-state index contributed by atoms with van der Waals surface area (Å²) in [4.78, 5) is 38.9. The van der Waals surface area contributed by atoms with E-state index >= 15 is 0 Å². The molecule has 0 bridgehead atoms. The Morgan fingerprint density at radius 1 is 1.12 bits per heavy atom. The van der Waals surface area contributed by atoms with Crippen molar-refractivity contribution in [3.8, 4) is 0 Å². The molecule has 2 N–H and O–H groups in total. The van der Waals surface area contributed by atoms with E-state index in [1.54, 1.807) is 30.3 Å². The molecule has 1 unspecified atom stereocenters. The summed E-state index contributed by atoms with van der Waals surface area (Å²) < 4.78 is 0. The molecule has 2 aromatic carbocycles. The van der Waals surface area contributed by atoms with Crippen molar-refractivity contribution in [3.05, 3.63) is 81.1 Å². The number of fused-ring (bicyclic) bond motifs is 1. The highest BCUT2D eigenvalue weighted by Gasteiger charge is 2.20. The number of hydrogen-bond acceptors (Lipinski definition) is 3. The highest BCUT2D eigenvalue weighted by molar-refractivity contribution is 7.96. The third-order valence-electron chi connectivity index (χ3n) is 3.97. The maximum Gasteiger partial charge on any atom is 0.251 e. The van der Waals surface area contributed by atoms with Crippen molar-refractivity contribution >= 4 is 46.2 Å². The second kappa shape index (κ2) is 7.76. The molecule has 0 aliphatic carbocycles. The molecule has 0 saturated carbocycles. The third-order valence-corrected chi connectivity index (χ3v) is 4.53. The molecule has 0 spiro atoms. The lowest BCUT2D eigenvalue weighted by Crippen LogP contribution is -2.40. The van der Waals surface area contributed by atoms with Crippen LogP contribution in [0.4, 0.5) is 0 Å². The third kappa shape index (κ3) is 4.15. The van der Waals surface area contributed by atoms with Crippen LogP contribution in [-0.4, -0.2) is 22.0 Å². The Balaban J connectivity index is 1.88. The van der Waals surface area contributed by atoms with E-state index < -0.39 is 17.1 Å². The van der Waals surface area contributed by atoms with Gasteiger partial charge in [-0.3, -0.25) is 14.4 Å². The summed E-state index contributed by atoms with van der Waals surface area (Å²) in [5, 5.41) is 3.50. The van der Waals surface area contributed by atoms with Crippen molar-refractivity contribution in [2.24, 2.45) is 0 Å². The number of hydrogen-bond donors (Lipinski definition) is 3. The summed E-state index contributed by atoms with van der Waals surface area (Å²) in [6.07, 6.45) is 0.159. The number of aromatic amines is 1. The maximum absolute atomic E-state index is 12.4. The quantitative estimate of drug-likeness (QED) is 0.590. The number of para-hydroxylation sites is 1. The summed E-state index contributed by atoms with van der Waals surface area (Å²) >= 11 is 9.71. The minimum absolute atomic E-state index is 0.159. The first-order valence-corrected chi connectivity index (χ1v) is 8.67. The van der Waals surface area contributed by atoms with Crippen LogP contribution in [0.5, 0.6) is 0 Å². The lowest BCUT2D eigenvalue weighted by atomic mass is 10.0. The molecule has 26 heavy (non-hydrogen) atoms. The van der Waals surface area contributed by atoms with Gasteiger partial charge in [-0.05, 0) is 35.9 Å². The second-order valence-electron chi connectivity index (χ2n) is 5.78. The van der Waals surface area contributed by atoms with E-state index in [9.17, 15) is 14.4 Å². The Kier molecular flexibility index (Phi) is 5.44. The molecule has 0 saturated heterocycles. The van der Waals surface area contributed by atoms with Gasteiger partial charge in [0.15, 0.2) is 0 Å². The Morgan fingerprint density at radius 2 is 1.81 bits per heavy atom. The average molecular weight is 387 g/mol. The summed E-state index contributed by atoms with van der Waals surface area (Å²) in [7, 11) is 0. The molecule has 1 atom stereocenters. The van der Waals surface area contributed by atoms with E-state index in [1.807, 2.05) is 18.2 Å². The standard InChI is InChI=1S/C19H15ClN2O3S/c20-13-7-5-11(6-8-13)18(24)22-16(19(25)26)9-12-10-17(23)21-15-4-2-1-3-14(12)15/h1-8,10,16H,9H2,(H,21,23)(H,22,24)(H,25,26). The van der Waals surface area contributed by atoms with Gasteiger partial charge in [-0.1, -0.05) is 29.8 Å². The average Bonchev–Trinajstić information content (AvgIpc) is 2.61.